The van der Waals surface area contributed by atoms with Crippen LogP contribution in [-0.2, 0) is 0 Å². The first kappa shape index (κ1) is 13.2. The van der Waals surface area contributed by atoms with Crippen molar-refractivity contribution in [1.29, 1.82) is 0 Å². The van der Waals surface area contributed by atoms with Gasteiger partial charge in [0, 0.05) is 44.2 Å². The van der Waals surface area contributed by atoms with E-state index in [0.717, 1.165) is 43.9 Å². The van der Waals surface area contributed by atoms with Crippen molar-refractivity contribution in [1.82, 2.24) is 10.2 Å². The maximum Gasteiger partial charge on any atom is 0.166 e. The molecule has 0 aromatic heterocycles. The number of nitrogens with one attached hydrogen (secondary N) is 1. The van der Waals surface area contributed by atoms with E-state index in [2.05, 4.69) is 10.2 Å². The Kier molecular flexibility index (Phi) is 4.50. The summed E-state index contributed by atoms with van der Waals surface area (Å²) < 4.78 is 0. The van der Waals surface area contributed by atoms with Crippen molar-refractivity contribution in [3.63, 3.8) is 0 Å². The molecule has 3 heteroatoms. The number of piperazine rings is 1. The highest BCUT2D eigenvalue weighted by atomic mass is 16.1. The number of nitrogens with zero attached hydrogens (tertiary/aromatic N) is 1. The summed E-state index contributed by atoms with van der Waals surface area (Å²) in [4.78, 5) is 14.7. The molecule has 0 bridgehead atoms. The minimum absolute atomic E-state index is 0.0740. The monoisotopic (exact) mass is 246 g/mol. The molecule has 1 atom stereocenters. The van der Waals surface area contributed by atoms with Crippen LogP contribution in [0.2, 0.25) is 0 Å². The molecular weight excluding hydrogens is 224 g/mol. The summed E-state index contributed by atoms with van der Waals surface area (Å²) >= 11 is 0. The lowest BCUT2D eigenvalue weighted by molar-refractivity contribution is 0.0887. The number of ketones is 1. The molecule has 2 rings (SSSR count). The molecule has 1 N–H and O–H groups in total. The van der Waals surface area contributed by atoms with Crippen LogP contribution in [0.15, 0.2) is 24.3 Å². The molecule has 0 aliphatic carbocycles. The molecule has 0 amide bonds. The van der Waals surface area contributed by atoms with Crippen LogP contribution < -0.4 is 5.32 Å². The highest BCUT2D eigenvalue weighted by Crippen LogP contribution is 2.12. The van der Waals surface area contributed by atoms with Gasteiger partial charge in [0.15, 0.2) is 5.78 Å². The number of benzene rings is 1. The van der Waals surface area contributed by atoms with Crippen LogP contribution >= 0.6 is 0 Å². The van der Waals surface area contributed by atoms with E-state index in [-0.39, 0.29) is 11.7 Å². The van der Waals surface area contributed by atoms with Gasteiger partial charge in [-0.1, -0.05) is 30.7 Å². The lowest BCUT2D eigenvalue weighted by Crippen LogP contribution is -2.45. The molecule has 1 aliphatic heterocycles. The van der Waals surface area contributed by atoms with Gasteiger partial charge in [-0.15, -0.1) is 0 Å². The number of carbonyl (C=O) groups is 1. The first-order chi connectivity index (χ1) is 8.66. The molecule has 1 heterocycles. The Labute approximate surface area is 109 Å². The van der Waals surface area contributed by atoms with Gasteiger partial charge >= 0.3 is 0 Å². The van der Waals surface area contributed by atoms with Gasteiger partial charge in [0.25, 0.3) is 0 Å². The topological polar surface area (TPSA) is 32.3 Å². The van der Waals surface area contributed by atoms with Crippen molar-refractivity contribution in [3.05, 3.63) is 35.4 Å². The Morgan fingerprint density at radius 1 is 1.39 bits per heavy atom. The summed E-state index contributed by atoms with van der Waals surface area (Å²) in [6.45, 7) is 9.09. The van der Waals surface area contributed by atoms with Crippen LogP contribution in [0.25, 0.3) is 0 Å². The Bertz CT molecular complexity index is 411. The Hall–Kier alpha value is -1.19. The fraction of sp³-hybridized carbons (Fsp3) is 0.533. The number of aryl methyl sites for hydroxylation is 1. The van der Waals surface area contributed by atoms with E-state index in [1.165, 1.54) is 0 Å². The molecular formula is C15H22N2O. The van der Waals surface area contributed by atoms with Crippen molar-refractivity contribution >= 4 is 5.78 Å². The van der Waals surface area contributed by atoms with Crippen LogP contribution in [0.4, 0.5) is 0 Å². The fourth-order valence-corrected chi connectivity index (χ4v) is 2.45. The van der Waals surface area contributed by atoms with Gasteiger partial charge in [0.05, 0.1) is 0 Å². The van der Waals surface area contributed by atoms with Crippen LogP contribution in [0.1, 0.15) is 22.8 Å². The molecule has 1 aliphatic rings. The molecule has 1 aromatic carbocycles. The number of rotatable bonds is 4. The van der Waals surface area contributed by atoms with Crippen LogP contribution in [0.5, 0.6) is 0 Å². The zero-order valence-corrected chi connectivity index (χ0v) is 11.3. The molecule has 1 unspecified atom stereocenters. The van der Waals surface area contributed by atoms with E-state index in [4.69, 9.17) is 0 Å². The lowest BCUT2D eigenvalue weighted by Gasteiger charge is -2.29. The zero-order valence-electron chi connectivity index (χ0n) is 11.3. The molecule has 98 valence electrons. The van der Waals surface area contributed by atoms with Crippen LogP contribution in [-0.4, -0.2) is 43.4 Å². The molecule has 0 radical (unpaired) electrons. The highest BCUT2D eigenvalue weighted by Gasteiger charge is 2.19. The molecule has 1 saturated heterocycles. The van der Waals surface area contributed by atoms with E-state index in [0.29, 0.717) is 0 Å². The predicted molar refractivity (Wildman–Crippen MR) is 74.0 cm³/mol. The van der Waals surface area contributed by atoms with Crippen molar-refractivity contribution in [2.75, 3.05) is 32.7 Å². The van der Waals surface area contributed by atoms with E-state index >= 15 is 0 Å². The quantitative estimate of drug-likeness (QED) is 0.821. The minimum atomic E-state index is 0.0740. The number of carbonyl (C=O) groups excluding carboxylic acids is 1. The number of Topliss-reactive ketones (excluding diaryl/α,β-unsaturated/α-hetero) is 1. The third-order valence-electron chi connectivity index (χ3n) is 3.49. The van der Waals surface area contributed by atoms with E-state index in [1.54, 1.807) is 0 Å². The second-order valence-electron chi connectivity index (χ2n) is 5.19. The van der Waals surface area contributed by atoms with Crippen molar-refractivity contribution in [2.45, 2.75) is 13.8 Å². The number of hydrogen-bond donors (Lipinski definition) is 1. The third-order valence-corrected chi connectivity index (χ3v) is 3.49. The van der Waals surface area contributed by atoms with Crippen molar-refractivity contribution in [3.8, 4) is 0 Å². The highest BCUT2D eigenvalue weighted by molar-refractivity contribution is 5.97. The molecule has 18 heavy (non-hydrogen) atoms. The molecule has 0 saturated carbocycles. The lowest BCUT2D eigenvalue weighted by atomic mass is 9.97. The fourth-order valence-electron chi connectivity index (χ4n) is 2.45. The largest absolute Gasteiger partial charge is 0.314 e. The van der Waals surface area contributed by atoms with Gasteiger partial charge < -0.3 is 10.2 Å². The maximum atomic E-state index is 12.3. The first-order valence-electron chi connectivity index (χ1n) is 6.71. The Morgan fingerprint density at radius 3 is 2.78 bits per heavy atom. The normalized spacial score (nSPS) is 18.6. The van der Waals surface area contributed by atoms with E-state index < -0.39 is 0 Å². The van der Waals surface area contributed by atoms with Crippen LogP contribution in [0, 0.1) is 12.8 Å². The summed E-state index contributed by atoms with van der Waals surface area (Å²) in [6.07, 6.45) is 0. The summed E-state index contributed by atoms with van der Waals surface area (Å²) in [6, 6.07) is 7.89. The summed E-state index contributed by atoms with van der Waals surface area (Å²) in [5, 5.41) is 3.33. The maximum absolute atomic E-state index is 12.3. The van der Waals surface area contributed by atoms with Gasteiger partial charge in [-0.05, 0) is 13.0 Å². The van der Waals surface area contributed by atoms with Gasteiger partial charge in [-0.2, -0.15) is 0 Å². The van der Waals surface area contributed by atoms with Gasteiger partial charge in [0.2, 0.25) is 0 Å². The second-order valence-corrected chi connectivity index (χ2v) is 5.19. The van der Waals surface area contributed by atoms with Gasteiger partial charge in [0.1, 0.15) is 0 Å². The average Bonchev–Trinajstić information content (AvgIpc) is 2.39. The van der Waals surface area contributed by atoms with E-state index in [1.807, 2.05) is 38.1 Å². The standard InChI is InChI=1S/C15H22N2O/c1-12-4-3-5-14(10-12)15(18)13(2)11-17-8-6-16-7-9-17/h3-5,10,13,16H,6-9,11H2,1-2H3. The molecule has 0 spiro atoms. The summed E-state index contributed by atoms with van der Waals surface area (Å²) in [7, 11) is 0. The summed E-state index contributed by atoms with van der Waals surface area (Å²) in [5.74, 6) is 0.335. The predicted octanol–water partition coefficient (Wildman–Crippen LogP) is 1.72. The third kappa shape index (κ3) is 3.40. The van der Waals surface area contributed by atoms with Gasteiger partial charge in [-0.25, -0.2) is 0 Å². The second kappa shape index (κ2) is 6.12. The molecule has 1 aromatic rings. The Balaban J connectivity index is 1.95. The molecule has 3 nitrogen and oxygen atoms in total. The van der Waals surface area contributed by atoms with Crippen LogP contribution in [0.3, 0.4) is 0 Å². The summed E-state index contributed by atoms with van der Waals surface area (Å²) in [5.41, 5.74) is 1.99. The SMILES string of the molecule is Cc1cccc(C(=O)C(C)CN2CCNCC2)c1. The van der Waals surface area contributed by atoms with Gasteiger partial charge in [-0.3, -0.25) is 4.79 Å². The van der Waals surface area contributed by atoms with Crippen molar-refractivity contribution in [2.24, 2.45) is 5.92 Å². The zero-order chi connectivity index (χ0) is 13.0. The van der Waals surface area contributed by atoms with E-state index in [9.17, 15) is 4.79 Å². The molecule has 1 fully saturated rings. The first-order valence-corrected chi connectivity index (χ1v) is 6.71. The minimum Gasteiger partial charge on any atom is -0.314 e. The van der Waals surface area contributed by atoms with Crippen molar-refractivity contribution < 1.29 is 4.79 Å². The Morgan fingerprint density at radius 2 is 2.11 bits per heavy atom. The average molecular weight is 246 g/mol. The number of hydrogen-bond acceptors (Lipinski definition) is 3. The smallest absolute Gasteiger partial charge is 0.166 e.